The number of nitrogens with one attached hydrogen (secondary N) is 2. The van der Waals surface area contributed by atoms with Crippen LogP contribution >= 0.6 is 11.6 Å². The first-order valence-electron chi connectivity index (χ1n) is 10.5. The zero-order valence-electron chi connectivity index (χ0n) is 19.0. The van der Waals surface area contributed by atoms with Crippen LogP contribution in [0.25, 0.3) is 11.4 Å². The molecule has 0 aliphatic carbocycles. The number of amides is 2. The Morgan fingerprint density at radius 1 is 1.14 bits per heavy atom. The molecule has 0 bridgehead atoms. The van der Waals surface area contributed by atoms with Crippen LogP contribution in [0.1, 0.15) is 34.8 Å². The van der Waals surface area contributed by atoms with Crippen LogP contribution in [0.5, 0.6) is 0 Å². The molecule has 1 atom stereocenters. The average molecular weight is 504 g/mol. The Labute approximate surface area is 209 Å². The minimum absolute atomic E-state index is 0.0962. The van der Waals surface area contributed by atoms with Crippen LogP contribution in [-0.2, 0) is 11.8 Å². The third-order valence-corrected chi connectivity index (χ3v) is 5.23. The van der Waals surface area contributed by atoms with E-state index in [1.165, 1.54) is 23.0 Å². The Hall–Kier alpha value is -4.89. The fourth-order valence-electron chi connectivity index (χ4n) is 3.15. The summed E-state index contributed by atoms with van der Waals surface area (Å²) in [6, 6.07) is 13.1. The number of nitriles is 1. The zero-order valence-corrected chi connectivity index (χ0v) is 19.8. The molecule has 4 rings (SSSR count). The Balaban J connectivity index is 1.45. The lowest BCUT2D eigenvalue weighted by Gasteiger charge is -2.15. The first kappa shape index (κ1) is 24.2. The smallest absolute Gasteiger partial charge is 0.413 e. The number of hydrogen-bond acceptors (Lipinski definition) is 9. The number of halogens is 1. The van der Waals surface area contributed by atoms with Crippen molar-refractivity contribution in [2.75, 3.05) is 10.6 Å². The van der Waals surface area contributed by atoms with Crippen molar-refractivity contribution in [2.24, 2.45) is 7.05 Å². The van der Waals surface area contributed by atoms with Gasteiger partial charge >= 0.3 is 6.09 Å². The fraction of sp³-hybridized carbons (Fsp3) is 0.130. The Kier molecular flexibility index (Phi) is 7.12. The van der Waals surface area contributed by atoms with Crippen molar-refractivity contribution in [2.45, 2.75) is 13.0 Å². The molecule has 180 valence electrons. The van der Waals surface area contributed by atoms with E-state index in [1.54, 1.807) is 50.5 Å². The second-order valence-electron chi connectivity index (χ2n) is 7.37. The number of aryl methyl sites for hydroxylation is 1. The van der Waals surface area contributed by atoms with Crippen LogP contribution in [-0.4, -0.2) is 41.9 Å². The lowest BCUT2D eigenvalue weighted by molar-refractivity contribution is 0.102. The predicted octanol–water partition coefficient (Wildman–Crippen LogP) is 3.75. The van der Waals surface area contributed by atoms with Gasteiger partial charge in [0.25, 0.3) is 5.91 Å². The van der Waals surface area contributed by atoms with Crippen molar-refractivity contribution in [3.63, 3.8) is 0 Å². The van der Waals surface area contributed by atoms with Gasteiger partial charge < -0.3 is 10.1 Å². The summed E-state index contributed by atoms with van der Waals surface area (Å²) in [6.07, 6.45) is 1.56. The molecule has 4 aromatic heterocycles. The third-order valence-electron chi connectivity index (χ3n) is 4.92. The van der Waals surface area contributed by atoms with E-state index in [9.17, 15) is 9.59 Å². The molecule has 12 nitrogen and oxygen atoms in total. The molecule has 13 heteroatoms. The molecule has 2 amide bonds. The summed E-state index contributed by atoms with van der Waals surface area (Å²) in [5.41, 5.74) is 1.88. The highest BCUT2D eigenvalue weighted by atomic mass is 35.5. The molecule has 0 fully saturated rings. The number of hydrogen-bond donors (Lipinski definition) is 2. The van der Waals surface area contributed by atoms with Crippen LogP contribution in [0, 0.1) is 11.3 Å². The maximum Gasteiger partial charge on any atom is 0.413 e. The Morgan fingerprint density at radius 2 is 1.97 bits per heavy atom. The topological polar surface area (TPSA) is 161 Å². The molecule has 0 unspecified atom stereocenters. The van der Waals surface area contributed by atoms with Crippen LogP contribution in [0.2, 0.25) is 5.15 Å². The van der Waals surface area contributed by atoms with E-state index in [1.807, 2.05) is 6.07 Å². The standard InChI is InChI=1S/C23H18ClN9O3/c1-13(16-6-4-10-26-20(16)24)36-23(35)30-21-19(31-32-33(21)2)17-9-8-15(12-27-17)29-22(34)18-7-3-5-14(11-25)28-18/h3-10,12-13H,1-2H3,(H,29,34)(H,30,35)/t13-/m1/s1. The van der Waals surface area contributed by atoms with Crippen molar-refractivity contribution in [1.82, 2.24) is 29.9 Å². The number of anilines is 2. The normalized spacial score (nSPS) is 11.3. The predicted molar refractivity (Wildman–Crippen MR) is 129 cm³/mol. The van der Waals surface area contributed by atoms with Crippen LogP contribution in [0.15, 0.2) is 54.9 Å². The van der Waals surface area contributed by atoms with Gasteiger partial charge in [-0.15, -0.1) is 5.10 Å². The second-order valence-corrected chi connectivity index (χ2v) is 7.73. The summed E-state index contributed by atoms with van der Waals surface area (Å²) >= 11 is 6.07. The number of rotatable bonds is 6. The summed E-state index contributed by atoms with van der Waals surface area (Å²) in [7, 11) is 1.60. The zero-order chi connectivity index (χ0) is 25.7. The van der Waals surface area contributed by atoms with E-state index in [0.29, 0.717) is 22.6 Å². The first-order valence-corrected chi connectivity index (χ1v) is 10.9. The SMILES string of the molecule is C[C@@H](OC(=O)Nc1c(-c2ccc(NC(=O)c3cccc(C#N)n3)cn2)nnn1C)c1cccnc1Cl. The molecule has 0 saturated carbocycles. The van der Waals surface area contributed by atoms with E-state index in [2.05, 4.69) is 35.9 Å². The number of aromatic nitrogens is 6. The van der Waals surface area contributed by atoms with Crippen LogP contribution < -0.4 is 10.6 Å². The van der Waals surface area contributed by atoms with Gasteiger partial charge in [-0.3, -0.25) is 15.1 Å². The monoisotopic (exact) mass is 503 g/mol. The molecule has 0 aromatic carbocycles. The number of pyridine rings is 3. The van der Waals surface area contributed by atoms with Crippen molar-refractivity contribution >= 4 is 35.1 Å². The van der Waals surface area contributed by atoms with Crippen molar-refractivity contribution in [1.29, 1.82) is 5.26 Å². The van der Waals surface area contributed by atoms with Gasteiger partial charge in [-0.1, -0.05) is 28.9 Å². The largest absolute Gasteiger partial charge is 0.441 e. The summed E-state index contributed by atoms with van der Waals surface area (Å²) in [5, 5.41) is 22.5. The molecule has 4 heterocycles. The van der Waals surface area contributed by atoms with Gasteiger partial charge in [0.15, 0.2) is 11.5 Å². The summed E-state index contributed by atoms with van der Waals surface area (Å²) in [5.74, 6) is -0.236. The van der Waals surface area contributed by atoms with Gasteiger partial charge in [0.05, 0.1) is 17.6 Å². The van der Waals surface area contributed by atoms with Crippen molar-refractivity contribution in [3.8, 4) is 17.5 Å². The average Bonchev–Trinajstić information content (AvgIpc) is 3.24. The van der Waals surface area contributed by atoms with Crippen molar-refractivity contribution < 1.29 is 14.3 Å². The molecule has 0 spiro atoms. The van der Waals surface area contributed by atoms with Gasteiger partial charge in [-0.05, 0) is 37.3 Å². The van der Waals surface area contributed by atoms with Crippen LogP contribution in [0.4, 0.5) is 16.3 Å². The summed E-state index contributed by atoms with van der Waals surface area (Å²) in [6.45, 7) is 1.67. The molecular formula is C23H18ClN9O3. The first-order chi connectivity index (χ1) is 17.4. The lowest BCUT2D eigenvalue weighted by Crippen LogP contribution is -2.18. The minimum Gasteiger partial charge on any atom is -0.441 e. The maximum atomic E-state index is 12.5. The molecule has 0 saturated heterocycles. The highest BCUT2D eigenvalue weighted by molar-refractivity contribution is 6.30. The molecule has 0 aliphatic heterocycles. The molecular weight excluding hydrogens is 486 g/mol. The van der Waals surface area contributed by atoms with Gasteiger partial charge in [0.1, 0.15) is 28.7 Å². The van der Waals surface area contributed by atoms with Crippen LogP contribution in [0.3, 0.4) is 0 Å². The quantitative estimate of drug-likeness (QED) is 0.373. The molecule has 2 N–H and O–H groups in total. The van der Waals surface area contributed by atoms with E-state index >= 15 is 0 Å². The maximum absolute atomic E-state index is 12.5. The van der Waals surface area contributed by atoms with Gasteiger partial charge in [0.2, 0.25) is 0 Å². The fourth-order valence-corrected chi connectivity index (χ4v) is 3.42. The number of nitrogens with zero attached hydrogens (tertiary/aromatic N) is 7. The third kappa shape index (κ3) is 5.43. The highest BCUT2D eigenvalue weighted by Crippen LogP contribution is 2.26. The van der Waals surface area contributed by atoms with Gasteiger partial charge in [0, 0.05) is 18.8 Å². The molecule has 4 aromatic rings. The Bertz CT molecular complexity index is 1460. The van der Waals surface area contributed by atoms with Gasteiger partial charge in [-0.25, -0.2) is 19.4 Å². The minimum atomic E-state index is -0.745. The van der Waals surface area contributed by atoms with E-state index < -0.39 is 18.1 Å². The number of carbonyl (C=O) groups excluding carboxylic acids is 2. The van der Waals surface area contributed by atoms with E-state index in [0.717, 1.165) is 0 Å². The molecule has 0 radical (unpaired) electrons. The summed E-state index contributed by atoms with van der Waals surface area (Å²) in [4.78, 5) is 37.2. The summed E-state index contributed by atoms with van der Waals surface area (Å²) < 4.78 is 6.79. The molecule has 0 aliphatic rings. The van der Waals surface area contributed by atoms with Gasteiger partial charge in [-0.2, -0.15) is 5.26 Å². The molecule has 36 heavy (non-hydrogen) atoms. The lowest BCUT2D eigenvalue weighted by atomic mass is 10.2. The highest BCUT2D eigenvalue weighted by Gasteiger charge is 2.20. The number of ether oxygens (including phenoxy) is 1. The van der Waals surface area contributed by atoms with E-state index in [4.69, 9.17) is 21.6 Å². The van der Waals surface area contributed by atoms with Crippen molar-refractivity contribution in [3.05, 3.63) is 77.0 Å². The second kappa shape index (κ2) is 10.6. The number of carbonyl (C=O) groups is 2. The van der Waals surface area contributed by atoms with E-state index in [-0.39, 0.29) is 22.4 Å². The Morgan fingerprint density at radius 3 is 2.69 bits per heavy atom.